The standard InChI is InChI=1S/C12H18N4O/c13-12(14)9-4-5-11(15-7-9)16-6-2-1-3-10(16)8-17/h4-5,7,10,17H,1-3,6,8H2,(H3,13,14). The Kier molecular flexibility index (Phi) is 3.58. The predicted octanol–water partition coefficient (Wildman–Crippen LogP) is 0.717. The van der Waals surface area contributed by atoms with Crippen molar-refractivity contribution in [2.75, 3.05) is 18.1 Å². The Balaban J connectivity index is 2.17. The maximum atomic E-state index is 9.34. The summed E-state index contributed by atoms with van der Waals surface area (Å²) in [5.41, 5.74) is 6.02. The highest BCUT2D eigenvalue weighted by Gasteiger charge is 2.22. The Morgan fingerprint density at radius 2 is 2.35 bits per heavy atom. The van der Waals surface area contributed by atoms with Crippen molar-refractivity contribution in [3.8, 4) is 0 Å². The number of amidine groups is 1. The van der Waals surface area contributed by atoms with Crippen LogP contribution in [0, 0.1) is 5.41 Å². The Morgan fingerprint density at radius 3 is 2.94 bits per heavy atom. The van der Waals surface area contributed by atoms with E-state index in [0.29, 0.717) is 5.56 Å². The molecule has 0 aliphatic carbocycles. The lowest BCUT2D eigenvalue weighted by molar-refractivity contribution is 0.239. The zero-order valence-electron chi connectivity index (χ0n) is 9.76. The third-order valence-corrected chi connectivity index (χ3v) is 3.19. The second-order valence-corrected chi connectivity index (χ2v) is 4.34. The van der Waals surface area contributed by atoms with Gasteiger partial charge in [-0.25, -0.2) is 4.98 Å². The van der Waals surface area contributed by atoms with Gasteiger partial charge in [-0.2, -0.15) is 0 Å². The van der Waals surface area contributed by atoms with Gasteiger partial charge in [0.25, 0.3) is 0 Å². The molecule has 1 aromatic rings. The van der Waals surface area contributed by atoms with Crippen molar-refractivity contribution in [2.24, 2.45) is 5.73 Å². The molecule has 1 aliphatic rings. The van der Waals surface area contributed by atoms with Crippen molar-refractivity contribution < 1.29 is 5.11 Å². The van der Waals surface area contributed by atoms with Crippen molar-refractivity contribution in [1.29, 1.82) is 5.41 Å². The monoisotopic (exact) mass is 234 g/mol. The molecule has 2 rings (SSSR count). The topological polar surface area (TPSA) is 86.2 Å². The summed E-state index contributed by atoms with van der Waals surface area (Å²) in [4.78, 5) is 6.45. The lowest BCUT2D eigenvalue weighted by atomic mass is 10.0. The molecular formula is C12H18N4O. The average molecular weight is 234 g/mol. The molecule has 0 spiro atoms. The second-order valence-electron chi connectivity index (χ2n) is 4.34. The van der Waals surface area contributed by atoms with E-state index in [4.69, 9.17) is 11.1 Å². The van der Waals surface area contributed by atoms with Crippen LogP contribution < -0.4 is 10.6 Å². The Morgan fingerprint density at radius 1 is 1.53 bits per heavy atom. The number of nitrogen functional groups attached to an aromatic ring is 1. The number of nitrogens with zero attached hydrogens (tertiary/aromatic N) is 2. The van der Waals surface area contributed by atoms with Gasteiger partial charge in [0.15, 0.2) is 0 Å². The van der Waals surface area contributed by atoms with E-state index in [2.05, 4.69) is 9.88 Å². The van der Waals surface area contributed by atoms with Crippen LogP contribution in [0.2, 0.25) is 0 Å². The number of aliphatic hydroxyl groups is 1. The first kappa shape index (κ1) is 11.9. The molecule has 2 heterocycles. The first-order valence-corrected chi connectivity index (χ1v) is 5.90. The van der Waals surface area contributed by atoms with Crippen LogP contribution in [0.1, 0.15) is 24.8 Å². The molecule has 4 N–H and O–H groups in total. The largest absolute Gasteiger partial charge is 0.394 e. The summed E-state index contributed by atoms with van der Waals surface area (Å²) in [6, 6.07) is 3.83. The number of hydrogen-bond donors (Lipinski definition) is 3. The van der Waals surface area contributed by atoms with Crippen LogP contribution in [0.4, 0.5) is 5.82 Å². The minimum absolute atomic E-state index is 0.0291. The molecule has 1 aliphatic heterocycles. The molecule has 1 atom stereocenters. The Bertz CT molecular complexity index is 390. The predicted molar refractivity (Wildman–Crippen MR) is 67.3 cm³/mol. The first-order valence-electron chi connectivity index (χ1n) is 5.90. The van der Waals surface area contributed by atoms with Gasteiger partial charge in [0, 0.05) is 18.3 Å². The first-order chi connectivity index (χ1) is 8.22. The van der Waals surface area contributed by atoms with Crippen molar-refractivity contribution in [3.63, 3.8) is 0 Å². The fourth-order valence-corrected chi connectivity index (χ4v) is 2.21. The van der Waals surface area contributed by atoms with Gasteiger partial charge in [-0.1, -0.05) is 0 Å². The van der Waals surface area contributed by atoms with E-state index >= 15 is 0 Å². The lowest BCUT2D eigenvalue weighted by Gasteiger charge is -2.35. The van der Waals surface area contributed by atoms with E-state index in [9.17, 15) is 5.11 Å². The highest BCUT2D eigenvalue weighted by atomic mass is 16.3. The molecule has 1 saturated heterocycles. The summed E-state index contributed by atoms with van der Waals surface area (Å²) >= 11 is 0. The van der Waals surface area contributed by atoms with Crippen molar-refractivity contribution in [1.82, 2.24) is 4.98 Å². The second kappa shape index (κ2) is 5.14. The number of piperidine rings is 1. The minimum Gasteiger partial charge on any atom is -0.394 e. The zero-order chi connectivity index (χ0) is 12.3. The van der Waals surface area contributed by atoms with Crippen LogP contribution >= 0.6 is 0 Å². The summed E-state index contributed by atoms with van der Waals surface area (Å²) < 4.78 is 0. The fraction of sp³-hybridized carbons (Fsp3) is 0.500. The number of pyridine rings is 1. The SMILES string of the molecule is N=C(N)c1ccc(N2CCCCC2CO)nc1. The fourth-order valence-electron chi connectivity index (χ4n) is 2.21. The number of aliphatic hydroxyl groups excluding tert-OH is 1. The quantitative estimate of drug-likeness (QED) is 0.531. The Hall–Kier alpha value is -1.62. The van der Waals surface area contributed by atoms with Crippen LogP contribution in [0.15, 0.2) is 18.3 Å². The normalized spacial score (nSPS) is 20.3. The highest BCUT2D eigenvalue weighted by Crippen LogP contribution is 2.22. The number of aromatic nitrogens is 1. The number of hydrogen-bond acceptors (Lipinski definition) is 4. The number of nitrogens with two attached hydrogens (primary N) is 1. The number of rotatable bonds is 3. The molecule has 92 valence electrons. The third-order valence-electron chi connectivity index (χ3n) is 3.19. The summed E-state index contributed by atoms with van der Waals surface area (Å²) in [6.45, 7) is 1.09. The lowest BCUT2D eigenvalue weighted by Crippen LogP contribution is -2.42. The van der Waals surface area contributed by atoms with Crippen LogP contribution in [0.3, 0.4) is 0 Å². The molecule has 17 heavy (non-hydrogen) atoms. The summed E-state index contributed by atoms with van der Waals surface area (Å²) in [5, 5.41) is 16.7. The summed E-state index contributed by atoms with van der Waals surface area (Å²) in [6.07, 6.45) is 4.91. The highest BCUT2D eigenvalue weighted by molar-refractivity contribution is 5.94. The van der Waals surface area contributed by atoms with E-state index in [0.717, 1.165) is 31.6 Å². The van der Waals surface area contributed by atoms with Crippen molar-refractivity contribution >= 4 is 11.7 Å². The van der Waals surface area contributed by atoms with Crippen molar-refractivity contribution in [2.45, 2.75) is 25.3 Å². The van der Waals surface area contributed by atoms with E-state index < -0.39 is 0 Å². The van der Waals surface area contributed by atoms with Gasteiger partial charge in [0.1, 0.15) is 11.7 Å². The minimum atomic E-state index is 0.0291. The zero-order valence-corrected chi connectivity index (χ0v) is 9.76. The van der Waals surface area contributed by atoms with Gasteiger partial charge >= 0.3 is 0 Å². The summed E-state index contributed by atoms with van der Waals surface area (Å²) in [7, 11) is 0. The van der Waals surface area contributed by atoms with Gasteiger partial charge in [0.2, 0.25) is 0 Å². The molecule has 0 bridgehead atoms. The maximum absolute atomic E-state index is 9.34. The Labute approximate surface area is 101 Å². The molecule has 0 saturated carbocycles. The molecule has 1 unspecified atom stereocenters. The molecule has 1 fully saturated rings. The average Bonchev–Trinajstić information content (AvgIpc) is 2.39. The summed E-state index contributed by atoms with van der Waals surface area (Å²) in [5.74, 6) is 0.884. The van der Waals surface area contributed by atoms with Gasteiger partial charge < -0.3 is 15.7 Å². The molecule has 0 radical (unpaired) electrons. The maximum Gasteiger partial charge on any atom is 0.128 e. The molecule has 0 amide bonds. The van der Waals surface area contributed by atoms with E-state index in [1.807, 2.05) is 6.07 Å². The molecular weight excluding hydrogens is 216 g/mol. The van der Waals surface area contributed by atoms with Gasteiger partial charge in [-0.15, -0.1) is 0 Å². The molecule has 0 aromatic carbocycles. The van der Waals surface area contributed by atoms with Crippen LogP contribution in [0.25, 0.3) is 0 Å². The smallest absolute Gasteiger partial charge is 0.128 e. The van der Waals surface area contributed by atoms with Gasteiger partial charge in [0.05, 0.1) is 12.6 Å². The van der Waals surface area contributed by atoms with Crippen LogP contribution in [-0.2, 0) is 0 Å². The van der Waals surface area contributed by atoms with Crippen LogP contribution in [-0.4, -0.2) is 35.1 Å². The third kappa shape index (κ3) is 2.55. The molecule has 5 nitrogen and oxygen atoms in total. The van der Waals surface area contributed by atoms with E-state index in [1.165, 1.54) is 0 Å². The van der Waals surface area contributed by atoms with Gasteiger partial charge in [-0.3, -0.25) is 5.41 Å². The van der Waals surface area contributed by atoms with Crippen molar-refractivity contribution in [3.05, 3.63) is 23.9 Å². The molecule has 5 heteroatoms. The van der Waals surface area contributed by atoms with Gasteiger partial charge in [-0.05, 0) is 31.4 Å². The number of nitrogens with one attached hydrogen (secondary N) is 1. The number of anilines is 1. The molecule has 1 aromatic heterocycles. The van der Waals surface area contributed by atoms with E-state index in [1.54, 1.807) is 12.3 Å². The van der Waals surface area contributed by atoms with E-state index in [-0.39, 0.29) is 18.5 Å². The van der Waals surface area contributed by atoms with Crippen LogP contribution in [0.5, 0.6) is 0 Å².